The highest BCUT2D eigenvalue weighted by Gasteiger charge is 2.25. The van der Waals surface area contributed by atoms with Gasteiger partial charge in [-0.2, -0.15) is 0 Å². The molecule has 0 bridgehead atoms. The lowest BCUT2D eigenvalue weighted by Crippen LogP contribution is -2.49. The molecule has 2 amide bonds. The minimum Gasteiger partial charge on any atom is -0.494 e. The van der Waals surface area contributed by atoms with Gasteiger partial charge in [0.25, 0.3) is 0 Å². The van der Waals surface area contributed by atoms with Crippen LogP contribution in [0.15, 0.2) is 78.9 Å². The number of carbonyl (C=O) groups excluding carboxylic acids is 2. The van der Waals surface area contributed by atoms with Gasteiger partial charge >= 0.3 is 12.2 Å². The van der Waals surface area contributed by atoms with Crippen molar-refractivity contribution in [3.8, 4) is 5.75 Å². The van der Waals surface area contributed by atoms with Gasteiger partial charge in [0.05, 0.1) is 13.2 Å². The first-order valence-corrected chi connectivity index (χ1v) is 15.0. The molecule has 1 fully saturated rings. The van der Waals surface area contributed by atoms with Gasteiger partial charge in [0.15, 0.2) is 0 Å². The molecule has 4 aromatic rings. The van der Waals surface area contributed by atoms with E-state index in [-0.39, 0.29) is 19.2 Å². The largest absolute Gasteiger partial charge is 0.494 e. The van der Waals surface area contributed by atoms with Crippen molar-refractivity contribution in [3.05, 3.63) is 84.4 Å². The van der Waals surface area contributed by atoms with Gasteiger partial charge in [-0.25, -0.2) is 9.59 Å². The number of anilines is 1. The lowest BCUT2D eigenvalue weighted by atomic mass is 9.97. The van der Waals surface area contributed by atoms with Gasteiger partial charge in [0.2, 0.25) is 0 Å². The van der Waals surface area contributed by atoms with Crippen molar-refractivity contribution in [2.75, 3.05) is 50.8 Å². The number of fused-ring (bicyclic) bond motifs is 3. The Hall–Kier alpha value is -4.46. The summed E-state index contributed by atoms with van der Waals surface area (Å²) in [6.45, 7) is 11.3. The molecular weight excluding hydrogens is 542 g/mol. The molecular formula is C35H41N3O5. The van der Waals surface area contributed by atoms with E-state index in [0.717, 1.165) is 33.2 Å². The first-order chi connectivity index (χ1) is 20.7. The van der Waals surface area contributed by atoms with Crippen molar-refractivity contribution in [1.29, 1.82) is 0 Å². The van der Waals surface area contributed by atoms with Crippen LogP contribution < -0.4 is 9.64 Å². The Balaban J connectivity index is 1.22. The topological polar surface area (TPSA) is 71.6 Å². The van der Waals surface area contributed by atoms with E-state index < -0.39 is 11.7 Å². The average molecular weight is 584 g/mol. The highest BCUT2D eigenvalue weighted by Crippen LogP contribution is 2.30. The van der Waals surface area contributed by atoms with Crippen LogP contribution in [-0.2, 0) is 16.0 Å². The van der Waals surface area contributed by atoms with Gasteiger partial charge in [-0.15, -0.1) is 0 Å². The zero-order valence-electron chi connectivity index (χ0n) is 25.5. The van der Waals surface area contributed by atoms with Gasteiger partial charge in [0.1, 0.15) is 18.0 Å². The lowest BCUT2D eigenvalue weighted by Gasteiger charge is -2.35. The highest BCUT2D eigenvalue weighted by molar-refractivity contribution is 6.09. The summed E-state index contributed by atoms with van der Waals surface area (Å²) in [6.07, 6.45) is -0.809. The fourth-order valence-electron chi connectivity index (χ4n) is 5.43. The fourth-order valence-corrected chi connectivity index (χ4v) is 5.43. The third-order valence-corrected chi connectivity index (χ3v) is 7.50. The summed E-state index contributed by atoms with van der Waals surface area (Å²) in [7, 11) is 0. The number of hydrogen-bond acceptors (Lipinski definition) is 6. The maximum absolute atomic E-state index is 13.3. The van der Waals surface area contributed by atoms with Crippen LogP contribution in [0.4, 0.5) is 15.3 Å². The number of hydrogen-bond donors (Lipinski definition) is 0. The number of benzene rings is 4. The third-order valence-electron chi connectivity index (χ3n) is 7.50. The molecule has 1 saturated heterocycles. The molecule has 0 spiro atoms. The van der Waals surface area contributed by atoms with Crippen molar-refractivity contribution in [3.63, 3.8) is 0 Å². The van der Waals surface area contributed by atoms with Gasteiger partial charge in [-0.3, -0.25) is 0 Å². The molecule has 0 aromatic heterocycles. The van der Waals surface area contributed by atoms with E-state index in [1.807, 2.05) is 76.2 Å². The average Bonchev–Trinajstić information content (AvgIpc) is 3.00. The van der Waals surface area contributed by atoms with Gasteiger partial charge in [-0.1, -0.05) is 48.5 Å². The number of nitrogens with zero attached hydrogens (tertiary/aromatic N) is 3. The van der Waals surface area contributed by atoms with Gasteiger partial charge in [-0.05, 0) is 85.1 Å². The highest BCUT2D eigenvalue weighted by atomic mass is 16.6. The van der Waals surface area contributed by atoms with Crippen molar-refractivity contribution in [1.82, 2.24) is 9.80 Å². The monoisotopic (exact) mass is 583 g/mol. The molecule has 1 heterocycles. The molecule has 0 saturated carbocycles. The minimum absolute atomic E-state index is 0.0721. The maximum Gasteiger partial charge on any atom is 0.410 e. The Morgan fingerprint density at radius 3 is 2.16 bits per heavy atom. The van der Waals surface area contributed by atoms with E-state index in [1.54, 1.807) is 9.80 Å². The summed E-state index contributed by atoms with van der Waals surface area (Å²) in [6, 6.07) is 26.6. The summed E-state index contributed by atoms with van der Waals surface area (Å²) < 4.78 is 17.0. The molecule has 1 aliphatic heterocycles. The Bertz CT molecular complexity index is 1560. The standard InChI is InChI=1S/C35H41N3O5/c1-5-41-29-16-14-28(15-17-29)36-18-20-37(21-19-36)33(39)42-23-22-38(34(40)43-35(2,3)4)25-27-24-26-10-6-7-11-30(26)32-13-9-8-12-31(27)32/h6-17,24H,5,18-23,25H2,1-4H3. The number of ether oxygens (including phenoxy) is 3. The number of amides is 2. The smallest absolute Gasteiger partial charge is 0.410 e. The second-order valence-corrected chi connectivity index (χ2v) is 11.7. The van der Waals surface area contributed by atoms with Crippen LogP contribution in [0.25, 0.3) is 21.5 Å². The third kappa shape index (κ3) is 7.49. The second-order valence-electron chi connectivity index (χ2n) is 11.7. The molecule has 0 unspecified atom stereocenters. The normalized spacial score (nSPS) is 13.7. The predicted octanol–water partition coefficient (Wildman–Crippen LogP) is 7.09. The molecule has 226 valence electrons. The van der Waals surface area contributed by atoms with Crippen LogP contribution >= 0.6 is 0 Å². The SMILES string of the molecule is CCOc1ccc(N2CCN(C(=O)OCCN(Cc3cc4ccccc4c4ccccc34)C(=O)OC(C)(C)C)CC2)cc1. The maximum atomic E-state index is 13.3. The molecule has 43 heavy (non-hydrogen) atoms. The molecule has 0 atom stereocenters. The van der Waals surface area contributed by atoms with Crippen LogP contribution in [0.1, 0.15) is 33.3 Å². The summed E-state index contributed by atoms with van der Waals surface area (Å²) >= 11 is 0. The molecule has 8 heteroatoms. The summed E-state index contributed by atoms with van der Waals surface area (Å²) in [5, 5.41) is 4.49. The van der Waals surface area contributed by atoms with Crippen LogP contribution in [0, 0.1) is 0 Å². The summed E-state index contributed by atoms with van der Waals surface area (Å²) in [4.78, 5) is 31.9. The number of carbonyl (C=O) groups is 2. The quantitative estimate of drug-likeness (QED) is 0.206. The van der Waals surface area contributed by atoms with Gasteiger partial charge < -0.3 is 28.9 Å². The van der Waals surface area contributed by atoms with Crippen molar-refractivity contribution < 1.29 is 23.8 Å². The number of piperazine rings is 1. The molecule has 0 aliphatic carbocycles. The Kier molecular flexibility index (Phi) is 9.24. The molecule has 4 aromatic carbocycles. The Labute approximate surface area is 253 Å². The molecule has 0 N–H and O–H groups in total. The lowest BCUT2D eigenvalue weighted by molar-refractivity contribution is 0.0175. The van der Waals surface area contributed by atoms with Crippen molar-refractivity contribution in [2.24, 2.45) is 0 Å². The summed E-state index contributed by atoms with van der Waals surface area (Å²) in [5.74, 6) is 0.850. The number of rotatable bonds is 8. The Morgan fingerprint density at radius 2 is 1.49 bits per heavy atom. The van der Waals surface area contributed by atoms with Crippen molar-refractivity contribution in [2.45, 2.75) is 39.8 Å². The Morgan fingerprint density at radius 1 is 0.837 bits per heavy atom. The van der Waals surface area contributed by atoms with Crippen LogP contribution in [0.3, 0.4) is 0 Å². The van der Waals surface area contributed by atoms with E-state index >= 15 is 0 Å². The van der Waals surface area contributed by atoms with E-state index in [1.165, 1.54) is 5.39 Å². The van der Waals surface area contributed by atoms with E-state index in [4.69, 9.17) is 14.2 Å². The second kappa shape index (κ2) is 13.2. The van der Waals surface area contributed by atoms with Crippen LogP contribution in [0.5, 0.6) is 5.75 Å². The van der Waals surface area contributed by atoms with E-state index in [2.05, 4.69) is 35.2 Å². The predicted molar refractivity (Wildman–Crippen MR) is 171 cm³/mol. The molecule has 0 radical (unpaired) electrons. The van der Waals surface area contributed by atoms with Gasteiger partial charge in [0, 0.05) is 38.4 Å². The van der Waals surface area contributed by atoms with Crippen LogP contribution in [0.2, 0.25) is 0 Å². The van der Waals surface area contributed by atoms with Crippen molar-refractivity contribution >= 4 is 39.4 Å². The van der Waals surface area contributed by atoms with E-state index in [0.29, 0.717) is 39.3 Å². The summed E-state index contributed by atoms with van der Waals surface area (Å²) in [5.41, 5.74) is 1.46. The first kappa shape index (κ1) is 30.0. The van der Waals surface area contributed by atoms with E-state index in [9.17, 15) is 9.59 Å². The zero-order valence-corrected chi connectivity index (χ0v) is 25.5. The zero-order chi connectivity index (χ0) is 30.4. The molecule has 8 nitrogen and oxygen atoms in total. The first-order valence-electron chi connectivity index (χ1n) is 15.0. The minimum atomic E-state index is -0.652. The molecule has 5 rings (SSSR count). The van der Waals surface area contributed by atoms with Crippen LogP contribution in [-0.4, -0.2) is 73.5 Å². The molecule has 1 aliphatic rings. The fraction of sp³-hybridized carbons (Fsp3) is 0.371.